The molecule has 0 bridgehead atoms. The van der Waals surface area contributed by atoms with Gasteiger partial charge in [-0.15, -0.1) is 0 Å². The van der Waals surface area contributed by atoms with Crippen LogP contribution in [0.1, 0.15) is 6.42 Å². The summed E-state index contributed by atoms with van der Waals surface area (Å²) >= 11 is 5.71. The first-order valence-corrected chi connectivity index (χ1v) is 8.07. The number of halogens is 2. The van der Waals surface area contributed by atoms with Crippen LogP contribution in [-0.4, -0.2) is 25.5 Å². The van der Waals surface area contributed by atoms with E-state index in [9.17, 15) is 14.0 Å². The number of carbonyl (C=O) groups is 2. The lowest BCUT2D eigenvalue weighted by Crippen LogP contribution is -2.28. The third-order valence-corrected chi connectivity index (χ3v) is 4.37. The molecule has 1 N–H and O–H groups in total. The second kappa shape index (κ2) is 7.11. The number of anilines is 2. The lowest BCUT2D eigenvalue weighted by molar-refractivity contribution is -0.122. The highest BCUT2D eigenvalue weighted by molar-refractivity contribution is 6.31. The molecule has 3 rings (SSSR count). The van der Waals surface area contributed by atoms with Gasteiger partial charge in [0.05, 0.1) is 29.4 Å². The molecule has 2 aromatic carbocycles. The van der Waals surface area contributed by atoms with Crippen LogP contribution < -0.4 is 15.0 Å². The molecule has 0 aliphatic carbocycles. The van der Waals surface area contributed by atoms with E-state index in [4.69, 9.17) is 16.3 Å². The number of benzene rings is 2. The number of para-hydroxylation sites is 2. The fourth-order valence-electron chi connectivity index (χ4n) is 2.80. The Hall–Kier alpha value is -2.60. The summed E-state index contributed by atoms with van der Waals surface area (Å²) in [5.41, 5.74) is 0.611. The molecule has 1 atom stereocenters. The van der Waals surface area contributed by atoms with Gasteiger partial charge < -0.3 is 15.0 Å². The maximum Gasteiger partial charge on any atom is 0.229 e. The van der Waals surface area contributed by atoms with Crippen LogP contribution in [0.3, 0.4) is 0 Å². The van der Waals surface area contributed by atoms with Crippen molar-refractivity contribution in [3.8, 4) is 5.75 Å². The Balaban J connectivity index is 1.76. The van der Waals surface area contributed by atoms with Crippen LogP contribution in [0.4, 0.5) is 15.8 Å². The smallest absolute Gasteiger partial charge is 0.229 e. The Bertz CT molecular complexity index is 828. The van der Waals surface area contributed by atoms with Crippen molar-refractivity contribution in [1.82, 2.24) is 0 Å². The van der Waals surface area contributed by atoms with Crippen LogP contribution in [0.2, 0.25) is 5.02 Å². The molecule has 0 aromatic heterocycles. The molecule has 0 saturated carbocycles. The monoisotopic (exact) mass is 362 g/mol. The Morgan fingerprint density at radius 2 is 2.04 bits per heavy atom. The minimum Gasteiger partial charge on any atom is -0.495 e. The molecule has 25 heavy (non-hydrogen) atoms. The first-order valence-electron chi connectivity index (χ1n) is 7.69. The summed E-state index contributed by atoms with van der Waals surface area (Å²) in [4.78, 5) is 26.3. The van der Waals surface area contributed by atoms with Gasteiger partial charge in [0.1, 0.15) is 5.75 Å². The molecule has 0 spiro atoms. The summed E-state index contributed by atoms with van der Waals surface area (Å²) in [6.45, 7) is 0.202. The zero-order chi connectivity index (χ0) is 18.0. The zero-order valence-corrected chi connectivity index (χ0v) is 14.2. The molecule has 1 fully saturated rings. The van der Waals surface area contributed by atoms with Crippen molar-refractivity contribution in [1.29, 1.82) is 0 Å². The maximum absolute atomic E-state index is 13.9. The molecular formula is C18H16ClFN2O3. The highest BCUT2D eigenvalue weighted by atomic mass is 35.5. The summed E-state index contributed by atoms with van der Waals surface area (Å²) in [6.07, 6.45) is 0.0477. The van der Waals surface area contributed by atoms with Crippen LogP contribution in [0, 0.1) is 11.7 Å². The molecular weight excluding hydrogens is 347 g/mol. The molecule has 1 heterocycles. The Labute approximate surface area is 149 Å². The molecule has 7 heteroatoms. The molecule has 2 aromatic rings. The molecule has 1 unspecified atom stereocenters. The number of nitrogens with zero attached hydrogens (tertiary/aromatic N) is 1. The van der Waals surface area contributed by atoms with Gasteiger partial charge >= 0.3 is 0 Å². The average molecular weight is 363 g/mol. The van der Waals surface area contributed by atoms with Gasteiger partial charge in [-0.1, -0.05) is 29.8 Å². The second-order valence-corrected chi connectivity index (χ2v) is 6.08. The van der Waals surface area contributed by atoms with E-state index >= 15 is 0 Å². The van der Waals surface area contributed by atoms with E-state index in [1.54, 1.807) is 30.3 Å². The molecule has 0 radical (unpaired) electrons. The summed E-state index contributed by atoms with van der Waals surface area (Å²) in [5.74, 6) is -1.33. The van der Waals surface area contributed by atoms with E-state index in [0.717, 1.165) is 0 Å². The van der Waals surface area contributed by atoms with Crippen LogP contribution in [0.15, 0.2) is 42.5 Å². The van der Waals surface area contributed by atoms with Crippen molar-refractivity contribution in [2.45, 2.75) is 6.42 Å². The second-order valence-electron chi connectivity index (χ2n) is 5.67. The number of hydrogen-bond donors (Lipinski definition) is 1. The van der Waals surface area contributed by atoms with Crippen molar-refractivity contribution < 1.29 is 18.7 Å². The first kappa shape index (κ1) is 17.2. The third kappa shape index (κ3) is 3.44. The van der Waals surface area contributed by atoms with Crippen molar-refractivity contribution >= 4 is 34.8 Å². The van der Waals surface area contributed by atoms with Crippen LogP contribution in [-0.2, 0) is 9.59 Å². The van der Waals surface area contributed by atoms with Crippen molar-refractivity contribution in [2.24, 2.45) is 5.92 Å². The molecule has 1 saturated heterocycles. The van der Waals surface area contributed by atoms with Gasteiger partial charge in [0.25, 0.3) is 0 Å². The highest BCUT2D eigenvalue weighted by Gasteiger charge is 2.36. The van der Waals surface area contributed by atoms with Gasteiger partial charge in [-0.25, -0.2) is 4.39 Å². The fourth-order valence-corrected chi connectivity index (χ4v) is 2.98. The predicted molar refractivity (Wildman–Crippen MR) is 93.5 cm³/mol. The number of methoxy groups -OCH3 is 1. The molecule has 130 valence electrons. The van der Waals surface area contributed by atoms with Crippen LogP contribution in [0.5, 0.6) is 5.75 Å². The van der Waals surface area contributed by atoms with E-state index in [1.165, 1.54) is 24.1 Å². The molecule has 5 nitrogen and oxygen atoms in total. The van der Waals surface area contributed by atoms with E-state index in [1.807, 2.05) is 0 Å². The van der Waals surface area contributed by atoms with Gasteiger partial charge in [-0.2, -0.15) is 0 Å². The van der Waals surface area contributed by atoms with Crippen LogP contribution in [0.25, 0.3) is 0 Å². The van der Waals surface area contributed by atoms with E-state index < -0.39 is 17.6 Å². The average Bonchev–Trinajstić information content (AvgIpc) is 3.00. The van der Waals surface area contributed by atoms with Gasteiger partial charge in [-0.3, -0.25) is 9.59 Å². The summed E-state index contributed by atoms with van der Waals surface area (Å²) in [6, 6.07) is 11.5. The summed E-state index contributed by atoms with van der Waals surface area (Å²) < 4.78 is 19.2. The molecule has 1 aliphatic heterocycles. The van der Waals surface area contributed by atoms with Gasteiger partial charge in [0.2, 0.25) is 11.8 Å². The Kier molecular flexibility index (Phi) is 4.90. The number of amides is 2. The maximum atomic E-state index is 13.9. The zero-order valence-electron chi connectivity index (χ0n) is 13.5. The van der Waals surface area contributed by atoms with Gasteiger partial charge in [-0.05, 0) is 24.3 Å². The number of nitrogens with one attached hydrogen (secondary N) is 1. The van der Waals surface area contributed by atoms with Crippen LogP contribution >= 0.6 is 11.6 Å². The van der Waals surface area contributed by atoms with Crippen molar-refractivity contribution in [2.75, 3.05) is 23.9 Å². The lowest BCUT2D eigenvalue weighted by Gasteiger charge is -2.19. The highest BCUT2D eigenvalue weighted by Crippen LogP contribution is 2.33. The summed E-state index contributed by atoms with van der Waals surface area (Å²) in [5, 5.41) is 2.43. The van der Waals surface area contributed by atoms with Gasteiger partial charge in [0.15, 0.2) is 5.82 Å². The lowest BCUT2D eigenvalue weighted by atomic mass is 10.1. The number of ether oxygens (including phenoxy) is 1. The Morgan fingerprint density at radius 1 is 1.28 bits per heavy atom. The normalized spacial score (nSPS) is 16.8. The molecule has 2 amide bonds. The Morgan fingerprint density at radius 3 is 2.80 bits per heavy atom. The third-order valence-electron chi connectivity index (χ3n) is 4.08. The van der Waals surface area contributed by atoms with Crippen molar-refractivity contribution in [3.63, 3.8) is 0 Å². The van der Waals surface area contributed by atoms with E-state index in [2.05, 4.69) is 5.32 Å². The largest absolute Gasteiger partial charge is 0.495 e. The topological polar surface area (TPSA) is 58.6 Å². The summed E-state index contributed by atoms with van der Waals surface area (Å²) in [7, 11) is 1.52. The minimum absolute atomic E-state index is 0.000639. The van der Waals surface area contributed by atoms with Crippen molar-refractivity contribution in [3.05, 3.63) is 53.3 Å². The fraction of sp³-hybridized carbons (Fsp3) is 0.222. The number of hydrogen-bond acceptors (Lipinski definition) is 3. The molecule has 1 aliphatic rings. The minimum atomic E-state index is -0.691. The number of carbonyl (C=O) groups excluding carboxylic acids is 2. The van der Waals surface area contributed by atoms with E-state index in [-0.39, 0.29) is 29.6 Å². The van der Waals surface area contributed by atoms with E-state index in [0.29, 0.717) is 11.4 Å². The SMILES string of the molecule is COc1ccccc1N1CC(C(=O)Nc2cccc(Cl)c2F)CC1=O. The quantitative estimate of drug-likeness (QED) is 0.905. The number of rotatable bonds is 4. The first-order chi connectivity index (χ1) is 12.0. The standard InChI is InChI=1S/C18H16ClFN2O3/c1-25-15-8-3-2-7-14(15)22-10-11(9-16(22)23)18(24)21-13-6-4-5-12(19)17(13)20/h2-8,11H,9-10H2,1H3,(H,21,24). The van der Waals surface area contributed by atoms with Gasteiger partial charge in [0, 0.05) is 13.0 Å². The predicted octanol–water partition coefficient (Wildman–Crippen LogP) is 3.48.